The van der Waals surface area contributed by atoms with Gasteiger partial charge in [0.25, 0.3) is 5.91 Å². The van der Waals surface area contributed by atoms with Gasteiger partial charge in [-0.05, 0) is 19.4 Å². The molecule has 0 aliphatic rings. The van der Waals surface area contributed by atoms with Gasteiger partial charge in [0, 0.05) is 12.6 Å². The number of carbonyl (C=O) groups excluding carboxylic acids is 1. The van der Waals surface area contributed by atoms with E-state index < -0.39 is 0 Å². The van der Waals surface area contributed by atoms with Crippen LogP contribution in [0.4, 0.5) is 0 Å². The highest BCUT2D eigenvalue weighted by Crippen LogP contribution is 2.14. The maximum atomic E-state index is 12.1. The van der Waals surface area contributed by atoms with Crippen molar-refractivity contribution >= 4 is 5.91 Å². The maximum Gasteiger partial charge on any atom is 0.268 e. The molecule has 0 radical (unpaired) electrons. The second-order valence-corrected chi connectivity index (χ2v) is 4.30. The first kappa shape index (κ1) is 14.0. The minimum Gasteiger partial charge on any atom is -0.341 e. The molecule has 0 aliphatic heterocycles. The average molecular weight is 275 g/mol. The third-order valence-corrected chi connectivity index (χ3v) is 2.98. The largest absolute Gasteiger partial charge is 0.341 e. The fourth-order valence-corrected chi connectivity index (χ4v) is 1.95. The van der Waals surface area contributed by atoms with Gasteiger partial charge in [-0.1, -0.05) is 13.0 Å². The molecule has 2 N–H and O–H groups in total. The molecule has 1 amide bonds. The van der Waals surface area contributed by atoms with Crippen LogP contribution in [0.1, 0.15) is 42.6 Å². The molecule has 0 fully saturated rings. The number of aromatic nitrogens is 4. The lowest BCUT2D eigenvalue weighted by atomic mass is 10.2. The normalized spacial score (nSPS) is 12.1. The number of aryl methyl sites for hydroxylation is 1. The Hall–Kier alpha value is -2.44. The van der Waals surface area contributed by atoms with Crippen molar-refractivity contribution in [2.24, 2.45) is 0 Å². The lowest BCUT2D eigenvalue weighted by molar-refractivity contribution is 0.0927. The summed E-state index contributed by atoms with van der Waals surface area (Å²) in [6.07, 6.45) is 2.15. The van der Waals surface area contributed by atoms with E-state index in [0.717, 1.165) is 0 Å². The van der Waals surface area contributed by atoms with Crippen LogP contribution in [0.5, 0.6) is 0 Å². The molecule has 7 nitrogen and oxygen atoms in total. The zero-order valence-electron chi connectivity index (χ0n) is 11.5. The molecule has 2 aromatic heterocycles. The Bertz CT molecular complexity index is 646. The van der Waals surface area contributed by atoms with Gasteiger partial charge in [0.2, 0.25) is 5.56 Å². The van der Waals surface area contributed by atoms with E-state index in [-0.39, 0.29) is 23.2 Å². The summed E-state index contributed by atoms with van der Waals surface area (Å²) in [6, 6.07) is 4.23. The van der Waals surface area contributed by atoms with Crippen molar-refractivity contribution in [3.8, 4) is 0 Å². The highest BCUT2D eigenvalue weighted by atomic mass is 16.2. The van der Waals surface area contributed by atoms with Crippen LogP contribution in [-0.4, -0.2) is 25.7 Å². The Morgan fingerprint density at radius 3 is 2.90 bits per heavy atom. The summed E-state index contributed by atoms with van der Waals surface area (Å²) in [5.41, 5.74) is -0.0686. The highest BCUT2D eigenvalue weighted by Gasteiger charge is 2.19. The van der Waals surface area contributed by atoms with Gasteiger partial charge < -0.3 is 10.3 Å². The van der Waals surface area contributed by atoms with Crippen molar-refractivity contribution in [1.82, 2.24) is 25.1 Å². The molecule has 0 bridgehead atoms. The third kappa shape index (κ3) is 2.93. The van der Waals surface area contributed by atoms with Gasteiger partial charge in [-0.2, -0.15) is 5.10 Å². The molecule has 20 heavy (non-hydrogen) atoms. The van der Waals surface area contributed by atoms with Crippen LogP contribution >= 0.6 is 0 Å². The molecular formula is C13H17N5O2. The smallest absolute Gasteiger partial charge is 0.268 e. The molecule has 2 heterocycles. The molecule has 106 valence electrons. The molecule has 0 aliphatic carbocycles. The van der Waals surface area contributed by atoms with E-state index >= 15 is 0 Å². The zero-order valence-corrected chi connectivity index (χ0v) is 11.5. The van der Waals surface area contributed by atoms with E-state index in [2.05, 4.69) is 20.4 Å². The van der Waals surface area contributed by atoms with Crippen molar-refractivity contribution in [2.45, 2.75) is 32.9 Å². The van der Waals surface area contributed by atoms with Crippen LogP contribution in [0.15, 0.2) is 29.3 Å². The molecular weight excluding hydrogens is 258 g/mol. The summed E-state index contributed by atoms with van der Waals surface area (Å²) in [7, 11) is 0. The number of hydrogen-bond acceptors (Lipinski definition) is 4. The van der Waals surface area contributed by atoms with Gasteiger partial charge in [-0.25, -0.2) is 9.67 Å². The van der Waals surface area contributed by atoms with E-state index in [0.29, 0.717) is 18.8 Å². The Balaban J connectivity index is 2.18. The van der Waals surface area contributed by atoms with E-state index in [1.807, 2.05) is 13.8 Å². The lowest BCUT2D eigenvalue weighted by Crippen LogP contribution is -2.31. The number of rotatable bonds is 5. The van der Waals surface area contributed by atoms with Gasteiger partial charge in [0.1, 0.15) is 17.8 Å². The van der Waals surface area contributed by atoms with Crippen LogP contribution in [0.2, 0.25) is 0 Å². The molecule has 1 atom stereocenters. The van der Waals surface area contributed by atoms with E-state index in [4.69, 9.17) is 0 Å². The molecule has 2 rings (SSSR count). The topological polar surface area (TPSA) is 92.7 Å². The van der Waals surface area contributed by atoms with Crippen molar-refractivity contribution in [3.05, 3.63) is 46.4 Å². The molecule has 0 saturated carbocycles. The van der Waals surface area contributed by atoms with Crippen LogP contribution in [-0.2, 0) is 6.54 Å². The van der Waals surface area contributed by atoms with Gasteiger partial charge in [-0.15, -0.1) is 0 Å². The van der Waals surface area contributed by atoms with E-state index in [9.17, 15) is 9.59 Å². The van der Waals surface area contributed by atoms with E-state index in [1.165, 1.54) is 12.4 Å². The fourth-order valence-electron chi connectivity index (χ4n) is 1.95. The van der Waals surface area contributed by atoms with Gasteiger partial charge >= 0.3 is 0 Å². The van der Waals surface area contributed by atoms with Crippen molar-refractivity contribution in [2.75, 3.05) is 0 Å². The first-order valence-corrected chi connectivity index (χ1v) is 6.53. The lowest BCUT2D eigenvalue weighted by Gasteiger charge is -2.16. The zero-order chi connectivity index (χ0) is 14.5. The molecule has 0 aromatic carbocycles. The standard InChI is InChI=1S/C13H17N5O2/c1-3-9(12-14-8-15-18(12)4-2)17-13(20)10-6-5-7-11(19)16-10/h5-9H,3-4H2,1-2H3,(H,16,19)(H,17,20)/t9-/m1/s1. The Labute approximate surface area is 116 Å². The number of aromatic amines is 1. The first-order valence-electron chi connectivity index (χ1n) is 6.53. The summed E-state index contributed by atoms with van der Waals surface area (Å²) < 4.78 is 1.74. The van der Waals surface area contributed by atoms with E-state index in [1.54, 1.807) is 16.8 Å². The van der Waals surface area contributed by atoms with Crippen LogP contribution in [0.3, 0.4) is 0 Å². The SMILES string of the molecule is CC[C@@H](NC(=O)c1cccc(=O)[nH]1)c1ncnn1CC. The molecule has 0 unspecified atom stereocenters. The van der Waals surface area contributed by atoms with Gasteiger partial charge in [-0.3, -0.25) is 9.59 Å². The van der Waals surface area contributed by atoms with Crippen molar-refractivity contribution in [1.29, 1.82) is 0 Å². The number of nitrogens with one attached hydrogen (secondary N) is 2. The van der Waals surface area contributed by atoms with Crippen LogP contribution < -0.4 is 10.9 Å². The monoisotopic (exact) mass is 275 g/mol. The summed E-state index contributed by atoms with van der Waals surface area (Å²) in [4.78, 5) is 30.0. The Kier molecular flexibility index (Phi) is 4.29. The minimum atomic E-state index is -0.333. The number of carbonyl (C=O) groups is 1. The Morgan fingerprint density at radius 2 is 2.25 bits per heavy atom. The van der Waals surface area contributed by atoms with Crippen LogP contribution in [0.25, 0.3) is 0 Å². The summed E-state index contributed by atoms with van der Waals surface area (Å²) in [5, 5.41) is 6.95. The van der Waals surface area contributed by atoms with Gasteiger partial charge in [0.05, 0.1) is 6.04 Å². The Morgan fingerprint density at radius 1 is 1.45 bits per heavy atom. The highest BCUT2D eigenvalue weighted by molar-refractivity contribution is 5.92. The van der Waals surface area contributed by atoms with Gasteiger partial charge in [0.15, 0.2) is 0 Å². The fraction of sp³-hybridized carbons (Fsp3) is 0.385. The number of pyridine rings is 1. The summed E-state index contributed by atoms with van der Waals surface area (Å²) in [6.45, 7) is 4.60. The number of hydrogen-bond donors (Lipinski definition) is 2. The number of H-pyrrole nitrogens is 1. The minimum absolute atomic E-state index is 0.235. The van der Waals surface area contributed by atoms with Crippen molar-refractivity contribution in [3.63, 3.8) is 0 Å². The summed E-state index contributed by atoms with van der Waals surface area (Å²) in [5.74, 6) is 0.377. The van der Waals surface area contributed by atoms with Crippen LogP contribution in [0, 0.1) is 0 Å². The summed E-state index contributed by atoms with van der Waals surface area (Å²) >= 11 is 0. The second-order valence-electron chi connectivity index (χ2n) is 4.30. The first-order chi connectivity index (χ1) is 9.65. The third-order valence-electron chi connectivity index (χ3n) is 2.98. The predicted molar refractivity (Wildman–Crippen MR) is 73.3 cm³/mol. The molecule has 2 aromatic rings. The molecule has 7 heteroatoms. The predicted octanol–water partition coefficient (Wildman–Crippen LogP) is 0.867. The maximum absolute atomic E-state index is 12.1. The average Bonchev–Trinajstić information content (AvgIpc) is 2.92. The molecule has 0 spiro atoms. The second kappa shape index (κ2) is 6.14. The van der Waals surface area contributed by atoms with Crippen molar-refractivity contribution < 1.29 is 4.79 Å². The quantitative estimate of drug-likeness (QED) is 0.846. The number of amides is 1. The number of nitrogens with zero attached hydrogens (tertiary/aromatic N) is 3. The molecule has 0 saturated heterocycles.